The van der Waals surface area contributed by atoms with Crippen molar-refractivity contribution in [2.45, 2.75) is 57.8 Å². The highest BCUT2D eigenvalue weighted by Crippen LogP contribution is 2.46. The Hall–Kier alpha value is -2.40. The van der Waals surface area contributed by atoms with E-state index in [1.807, 2.05) is 0 Å². The summed E-state index contributed by atoms with van der Waals surface area (Å²) in [5.41, 5.74) is 11.1. The van der Waals surface area contributed by atoms with Crippen LogP contribution in [0.1, 0.15) is 58.1 Å². The fourth-order valence-electron chi connectivity index (χ4n) is 6.12. The zero-order valence-electron chi connectivity index (χ0n) is 21.9. The van der Waals surface area contributed by atoms with Crippen LogP contribution in [-0.2, 0) is 10.8 Å². The fourth-order valence-corrected chi connectivity index (χ4v) is 6.12. The highest BCUT2D eigenvalue weighted by atomic mass is 127. The van der Waals surface area contributed by atoms with Gasteiger partial charge in [0.15, 0.2) is 5.71 Å². The van der Waals surface area contributed by atoms with Crippen molar-refractivity contribution >= 4 is 41.1 Å². The summed E-state index contributed by atoms with van der Waals surface area (Å²) in [6.45, 7) is 9.33. The van der Waals surface area contributed by atoms with Gasteiger partial charge in [-0.05, 0) is 62.0 Å². The van der Waals surface area contributed by atoms with Crippen molar-refractivity contribution in [3.8, 4) is 0 Å². The quantitative estimate of drug-likeness (QED) is 0.263. The van der Waals surface area contributed by atoms with Crippen LogP contribution in [0.3, 0.4) is 0 Å². The van der Waals surface area contributed by atoms with Crippen molar-refractivity contribution in [1.29, 1.82) is 0 Å². The topological polar surface area (TPSA) is 6.25 Å². The number of allylic oxidation sites excluding steroid dienone is 8. The Morgan fingerprint density at radius 3 is 2.23 bits per heavy atom. The maximum atomic E-state index is 2.40. The number of para-hydroxylation sites is 2. The van der Waals surface area contributed by atoms with E-state index in [9.17, 15) is 0 Å². The Bertz CT molecular complexity index is 1300. The summed E-state index contributed by atoms with van der Waals surface area (Å²) in [6.07, 6.45) is 15.3. The van der Waals surface area contributed by atoms with Crippen molar-refractivity contribution in [1.82, 2.24) is 0 Å². The lowest BCUT2D eigenvalue weighted by Crippen LogP contribution is -2.26. The maximum Gasteiger partial charge on any atom is 0.209 e. The van der Waals surface area contributed by atoms with E-state index in [1.54, 1.807) is 0 Å². The Labute approximate surface area is 228 Å². The van der Waals surface area contributed by atoms with Crippen LogP contribution >= 0.6 is 24.0 Å². The third-order valence-electron chi connectivity index (χ3n) is 8.09. The zero-order chi connectivity index (χ0) is 24.1. The number of likely N-dealkylation sites (N-methyl/N-ethyl adjacent to an activating group) is 1. The molecule has 2 nitrogen and oxygen atoms in total. The van der Waals surface area contributed by atoms with Crippen LogP contribution in [0.4, 0.5) is 11.4 Å². The molecule has 0 saturated heterocycles. The summed E-state index contributed by atoms with van der Waals surface area (Å²) in [7, 11) is 4.38. The molecule has 0 radical (unpaired) electrons. The Morgan fingerprint density at radius 1 is 0.829 bits per heavy atom. The van der Waals surface area contributed by atoms with Gasteiger partial charge >= 0.3 is 0 Å². The van der Waals surface area contributed by atoms with Gasteiger partial charge in [-0.1, -0.05) is 68.5 Å². The normalized spacial score (nSPS) is 22.5. The van der Waals surface area contributed by atoms with Crippen LogP contribution < -0.4 is 4.90 Å². The first-order chi connectivity index (χ1) is 16.2. The fraction of sp³-hybridized carbons (Fsp3) is 0.344. The van der Waals surface area contributed by atoms with Gasteiger partial charge in [-0.3, -0.25) is 0 Å². The van der Waals surface area contributed by atoms with Gasteiger partial charge in [-0.15, -0.1) is 24.0 Å². The largest absolute Gasteiger partial charge is 0.347 e. The Balaban J connectivity index is 0.00000289. The van der Waals surface area contributed by atoms with E-state index in [-0.39, 0.29) is 34.8 Å². The van der Waals surface area contributed by atoms with Crippen LogP contribution in [0.25, 0.3) is 0 Å². The molecule has 3 heteroatoms. The molecule has 5 rings (SSSR count). The van der Waals surface area contributed by atoms with Crippen LogP contribution in [0.15, 0.2) is 95.8 Å². The minimum atomic E-state index is 0. The maximum absolute atomic E-state index is 2.40. The molecule has 0 N–H and O–H groups in total. The van der Waals surface area contributed by atoms with Crippen LogP contribution in [0.5, 0.6) is 0 Å². The number of hydrogen-bond donors (Lipinski definition) is 0. The lowest BCUT2D eigenvalue weighted by Gasteiger charge is -2.24. The Morgan fingerprint density at radius 2 is 1.51 bits per heavy atom. The second kappa shape index (κ2) is 9.57. The number of anilines is 1. The third-order valence-corrected chi connectivity index (χ3v) is 8.09. The molecule has 0 fully saturated rings. The molecule has 0 amide bonds. The van der Waals surface area contributed by atoms with Crippen molar-refractivity contribution in [3.63, 3.8) is 0 Å². The number of fused-ring (bicyclic) bond motifs is 2. The first-order valence-corrected chi connectivity index (χ1v) is 12.5. The first kappa shape index (κ1) is 25.7. The molecule has 35 heavy (non-hydrogen) atoms. The summed E-state index contributed by atoms with van der Waals surface area (Å²) in [6, 6.07) is 17.6. The number of halogens is 1. The lowest BCUT2D eigenvalue weighted by molar-refractivity contribution is -0.401. The van der Waals surface area contributed by atoms with E-state index >= 15 is 0 Å². The molecule has 2 aliphatic heterocycles. The van der Waals surface area contributed by atoms with Gasteiger partial charge in [0.05, 0.1) is 5.41 Å². The zero-order valence-corrected chi connectivity index (χ0v) is 24.3. The standard InChI is InChI=1S/C32H37N2.HI/c1-31(2)25-14-7-9-16-27(25)33(5)29(31)20-18-23-12-11-13-24(22-23)19-21-30-32(3,4)26-15-8-10-17-28(26)34(30)6;/h7-10,14-22H,11-13H2,1-6H3;1H/q+1;. The molecule has 0 atom stereocenters. The molecular weight excluding hydrogens is 539 g/mol. The van der Waals surface area contributed by atoms with Gasteiger partial charge in [0, 0.05) is 41.6 Å². The second-order valence-corrected chi connectivity index (χ2v) is 11.0. The second-order valence-electron chi connectivity index (χ2n) is 11.0. The van der Waals surface area contributed by atoms with E-state index in [0.29, 0.717) is 0 Å². The number of nitrogens with zero attached hydrogens (tertiary/aromatic N) is 2. The molecule has 3 aliphatic rings. The molecule has 2 aromatic rings. The molecule has 1 aliphatic carbocycles. The molecule has 0 spiro atoms. The van der Waals surface area contributed by atoms with Crippen LogP contribution in [-0.4, -0.2) is 24.4 Å². The SMILES string of the molecule is CN1/C(=C/C=C2C=C(/C=C/C3=[N+](C)c4ccccc4C3(C)C)CCC/2)C(C)(C)c2ccccc21.I. The summed E-state index contributed by atoms with van der Waals surface area (Å²) in [5.74, 6) is 0. The van der Waals surface area contributed by atoms with Gasteiger partial charge in [0.25, 0.3) is 0 Å². The van der Waals surface area contributed by atoms with Crippen molar-refractivity contribution in [2.75, 3.05) is 19.0 Å². The predicted molar refractivity (Wildman–Crippen MR) is 161 cm³/mol. The van der Waals surface area contributed by atoms with Gasteiger partial charge < -0.3 is 4.90 Å². The average Bonchev–Trinajstić information content (AvgIpc) is 3.15. The van der Waals surface area contributed by atoms with Gasteiger partial charge in [-0.2, -0.15) is 4.58 Å². The van der Waals surface area contributed by atoms with Crippen molar-refractivity contribution in [2.24, 2.45) is 0 Å². The molecule has 0 saturated carbocycles. The molecule has 2 aromatic carbocycles. The molecule has 182 valence electrons. The number of hydrogen-bond acceptors (Lipinski definition) is 1. The first-order valence-electron chi connectivity index (χ1n) is 12.5. The van der Waals surface area contributed by atoms with Crippen molar-refractivity contribution in [3.05, 3.63) is 107 Å². The van der Waals surface area contributed by atoms with E-state index < -0.39 is 0 Å². The third kappa shape index (κ3) is 4.37. The summed E-state index contributed by atoms with van der Waals surface area (Å²) >= 11 is 0. The van der Waals surface area contributed by atoms with E-state index in [0.717, 1.165) is 12.8 Å². The van der Waals surface area contributed by atoms with Crippen molar-refractivity contribution < 1.29 is 4.58 Å². The highest BCUT2D eigenvalue weighted by molar-refractivity contribution is 14.0. The molecule has 2 heterocycles. The molecular formula is C32H38IN2+. The summed E-state index contributed by atoms with van der Waals surface area (Å²) in [4.78, 5) is 2.35. The minimum Gasteiger partial charge on any atom is -0.347 e. The average molecular weight is 578 g/mol. The smallest absolute Gasteiger partial charge is 0.209 e. The highest BCUT2D eigenvalue weighted by Gasteiger charge is 2.42. The number of rotatable bonds is 3. The van der Waals surface area contributed by atoms with E-state index in [4.69, 9.17) is 0 Å². The van der Waals surface area contributed by atoms with Gasteiger partial charge in [-0.25, -0.2) is 0 Å². The van der Waals surface area contributed by atoms with Crippen LogP contribution in [0.2, 0.25) is 0 Å². The molecule has 0 bridgehead atoms. The monoisotopic (exact) mass is 577 g/mol. The summed E-state index contributed by atoms with van der Waals surface area (Å²) in [5, 5.41) is 0. The lowest BCUT2D eigenvalue weighted by atomic mass is 9.81. The van der Waals surface area contributed by atoms with E-state index in [1.165, 1.54) is 51.5 Å². The van der Waals surface area contributed by atoms with Gasteiger partial charge in [0.2, 0.25) is 5.69 Å². The molecule has 0 unspecified atom stereocenters. The van der Waals surface area contributed by atoms with Gasteiger partial charge in [0.1, 0.15) is 7.05 Å². The number of benzene rings is 2. The van der Waals surface area contributed by atoms with E-state index in [2.05, 4.69) is 130 Å². The Kier molecular flexibility index (Phi) is 7.02. The minimum absolute atomic E-state index is 0. The summed E-state index contributed by atoms with van der Waals surface area (Å²) < 4.78 is 2.35. The molecule has 0 aromatic heterocycles. The van der Waals surface area contributed by atoms with Crippen LogP contribution in [0, 0.1) is 0 Å². The predicted octanol–water partition coefficient (Wildman–Crippen LogP) is 8.22.